The molecule has 0 radical (unpaired) electrons. The largest absolute Gasteiger partial charge is 0.365 e. The first-order valence-electron chi connectivity index (χ1n) is 11.3. The summed E-state index contributed by atoms with van der Waals surface area (Å²) in [5.41, 5.74) is -1.73. The van der Waals surface area contributed by atoms with E-state index in [9.17, 15) is 9.59 Å². The third kappa shape index (κ3) is 2.80. The summed E-state index contributed by atoms with van der Waals surface area (Å²) in [4.78, 5) is 29.5. The van der Waals surface area contributed by atoms with Crippen molar-refractivity contribution in [3.8, 4) is 0 Å². The van der Waals surface area contributed by atoms with Gasteiger partial charge in [-0.2, -0.15) is 0 Å². The van der Waals surface area contributed by atoms with Gasteiger partial charge in [0.25, 0.3) is 11.8 Å². The van der Waals surface area contributed by atoms with Gasteiger partial charge >= 0.3 is 0 Å². The van der Waals surface area contributed by atoms with Gasteiger partial charge in [0.2, 0.25) is 0 Å². The van der Waals surface area contributed by atoms with Crippen LogP contribution < -0.4 is 10.6 Å². The first-order valence-corrected chi connectivity index (χ1v) is 11.3. The Bertz CT molecular complexity index is 666. The zero-order chi connectivity index (χ0) is 21.9. The summed E-state index contributed by atoms with van der Waals surface area (Å²) in [7, 11) is 3.29. The predicted octanol–water partition coefficient (Wildman–Crippen LogP) is 1.20. The molecule has 4 heterocycles. The Morgan fingerprint density at radius 2 is 1.13 bits per heavy atom. The normalized spacial score (nSPS) is 38.3. The first kappa shape index (κ1) is 22.0. The molecule has 170 valence electrons. The average molecular weight is 423 g/mol. The number of hydrogen-bond donors (Lipinski definition) is 2. The monoisotopic (exact) mass is 422 g/mol. The first-order chi connectivity index (χ1) is 14.1. The number of fused-ring (bicyclic) bond motifs is 2. The lowest BCUT2D eigenvalue weighted by Crippen LogP contribution is -2.77. The highest BCUT2D eigenvalue weighted by Crippen LogP contribution is 2.46. The maximum absolute atomic E-state index is 12.8. The van der Waals surface area contributed by atoms with Gasteiger partial charge in [0.1, 0.15) is 12.3 Å². The van der Waals surface area contributed by atoms with Crippen LogP contribution in [-0.2, 0) is 19.1 Å². The minimum absolute atomic E-state index is 0.0165. The maximum atomic E-state index is 12.8. The number of nitrogens with one attached hydrogen (secondary N) is 2. The van der Waals surface area contributed by atoms with Crippen LogP contribution in [0.2, 0.25) is 0 Å². The van der Waals surface area contributed by atoms with Gasteiger partial charge in [-0.3, -0.25) is 20.2 Å². The molecule has 4 saturated heterocycles. The van der Waals surface area contributed by atoms with Crippen LogP contribution in [0.1, 0.15) is 66.2 Å². The number of carbonyl (C=O) groups is 2. The SMILES string of the molecule is CO[C@@]1(CCCCCC[C@@]2(OC)C(=O)N3C2NCC3(C)C)C(=O)N2C1NCC2(C)C. The number of amides is 2. The molecule has 8 heteroatoms. The van der Waals surface area contributed by atoms with E-state index in [2.05, 4.69) is 38.3 Å². The van der Waals surface area contributed by atoms with Gasteiger partial charge in [0, 0.05) is 27.3 Å². The van der Waals surface area contributed by atoms with Crippen LogP contribution in [0.3, 0.4) is 0 Å². The molecule has 0 spiro atoms. The van der Waals surface area contributed by atoms with Gasteiger partial charge in [-0.05, 0) is 53.4 Å². The minimum atomic E-state index is -0.717. The molecule has 2 amide bonds. The summed E-state index contributed by atoms with van der Waals surface area (Å²) in [5.74, 6) is 0.219. The standard InChI is InChI=1S/C22H38N4O4/c1-19(2)13-23-15-21(29-5,17(27)25(15)19)11-9-7-8-10-12-22(30-6)16-24-14-20(3,4)26(16)18(22)28/h15-16,23-24H,7-14H2,1-6H3/t15?,16?,21-,22+. The van der Waals surface area contributed by atoms with Crippen LogP contribution in [0.25, 0.3) is 0 Å². The molecule has 2 N–H and O–H groups in total. The van der Waals surface area contributed by atoms with E-state index < -0.39 is 11.2 Å². The number of β-lactam (4-membered cyclic amide) rings is 2. The summed E-state index contributed by atoms with van der Waals surface area (Å²) in [6.07, 6.45) is 5.31. The molecule has 0 aromatic carbocycles. The number of methoxy groups -OCH3 is 2. The third-order valence-electron chi connectivity index (χ3n) is 7.90. The van der Waals surface area contributed by atoms with Gasteiger partial charge in [-0.1, -0.05) is 12.8 Å². The molecular weight excluding hydrogens is 384 g/mol. The topological polar surface area (TPSA) is 83.1 Å². The molecule has 4 atom stereocenters. The zero-order valence-corrected chi connectivity index (χ0v) is 19.3. The van der Waals surface area contributed by atoms with Gasteiger partial charge in [-0.25, -0.2) is 0 Å². The van der Waals surface area contributed by atoms with Crippen LogP contribution >= 0.6 is 0 Å². The zero-order valence-electron chi connectivity index (χ0n) is 19.3. The van der Waals surface area contributed by atoms with Crippen LogP contribution in [0.4, 0.5) is 0 Å². The van der Waals surface area contributed by atoms with E-state index in [0.29, 0.717) is 0 Å². The van der Waals surface area contributed by atoms with Gasteiger partial charge in [0.05, 0.1) is 11.1 Å². The highest BCUT2D eigenvalue weighted by atomic mass is 16.5. The van der Waals surface area contributed by atoms with E-state index in [4.69, 9.17) is 9.47 Å². The predicted molar refractivity (Wildman–Crippen MR) is 113 cm³/mol. The lowest BCUT2D eigenvalue weighted by atomic mass is 9.80. The van der Waals surface area contributed by atoms with Crippen LogP contribution in [0, 0.1) is 0 Å². The van der Waals surface area contributed by atoms with Crippen molar-refractivity contribution in [2.24, 2.45) is 0 Å². The molecule has 4 rings (SSSR count). The molecule has 0 saturated carbocycles. The molecule has 30 heavy (non-hydrogen) atoms. The van der Waals surface area contributed by atoms with E-state index in [1.807, 2.05) is 9.80 Å². The highest BCUT2D eigenvalue weighted by molar-refractivity contribution is 5.94. The minimum Gasteiger partial charge on any atom is -0.365 e. The summed E-state index contributed by atoms with van der Waals surface area (Å²) >= 11 is 0. The number of nitrogens with zero attached hydrogens (tertiary/aromatic N) is 2. The maximum Gasteiger partial charge on any atom is 0.260 e. The van der Waals surface area contributed by atoms with E-state index in [0.717, 1.165) is 51.6 Å². The summed E-state index contributed by atoms with van der Waals surface area (Å²) in [6.45, 7) is 9.95. The average Bonchev–Trinajstić information content (AvgIpc) is 3.15. The van der Waals surface area contributed by atoms with Crippen molar-refractivity contribution in [1.82, 2.24) is 20.4 Å². The number of rotatable bonds is 9. The van der Waals surface area contributed by atoms with E-state index in [-0.39, 0.29) is 35.2 Å². The quantitative estimate of drug-likeness (QED) is 0.429. The molecule has 4 aliphatic heterocycles. The molecule has 0 aromatic rings. The lowest BCUT2D eigenvalue weighted by Gasteiger charge is -2.55. The summed E-state index contributed by atoms with van der Waals surface area (Å²) < 4.78 is 11.5. The fourth-order valence-corrected chi connectivity index (χ4v) is 6.00. The molecular formula is C22H38N4O4. The lowest BCUT2D eigenvalue weighted by molar-refractivity contribution is -0.206. The molecule has 4 aliphatic rings. The van der Waals surface area contributed by atoms with Crippen molar-refractivity contribution >= 4 is 11.8 Å². The van der Waals surface area contributed by atoms with Crippen molar-refractivity contribution in [1.29, 1.82) is 0 Å². The summed E-state index contributed by atoms with van der Waals surface area (Å²) in [5, 5.41) is 6.92. The van der Waals surface area contributed by atoms with Crippen LogP contribution in [-0.4, -0.2) is 83.5 Å². The van der Waals surface area contributed by atoms with E-state index >= 15 is 0 Å². The molecule has 4 fully saturated rings. The molecule has 0 bridgehead atoms. The van der Waals surface area contributed by atoms with Crippen molar-refractivity contribution in [3.05, 3.63) is 0 Å². The van der Waals surface area contributed by atoms with Gasteiger partial charge in [0.15, 0.2) is 11.2 Å². The molecule has 0 aliphatic carbocycles. The Morgan fingerprint density at radius 1 is 0.767 bits per heavy atom. The van der Waals surface area contributed by atoms with Crippen LogP contribution in [0.5, 0.6) is 0 Å². The van der Waals surface area contributed by atoms with Crippen molar-refractivity contribution in [3.63, 3.8) is 0 Å². The molecule has 2 unspecified atom stereocenters. The number of ether oxygens (including phenoxy) is 2. The molecule has 8 nitrogen and oxygen atoms in total. The van der Waals surface area contributed by atoms with E-state index in [1.54, 1.807) is 14.2 Å². The van der Waals surface area contributed by atoms with Crippen molar-refractivity contribution < 1.29 is 19.1 Å². The highest BCUT2D eigenvalue weighted by Gasteiger charge is 2.68. The van der Waals surface area contributed by atoms with Crippen molar-refractivity contribution in [2.75, 3.05) is 27.3 Å². The Balaban J connectivity index is 1.24. The Kier molecular flexibility index (Phi) is 5.24. The Labute approximate surface area is 180 Å². The summed E-state index contributed by atoms with van der Waals surface area (Å²) in [6, 6.07) is 0. The van der Waals surface area contributed by atoms with Gasteiger partial charge in [-0.15, -0.1) is 0 Å². The number of hydrogen-bond acceptors (Lipinski definition) is 6. The number of unbranched alkanes of at least 4 members (excludes halogenated alkanes) is 3. The second-order valence-corrected chi connectivity index (χ2v) is 10.6. The van der Waals surface area contributed by atoms with Gasteiger partial charge < -0.3 is 19.3 Å². The fourth-order valence-electron chi connectivity index (χ4n) is 6.00. The Morgan fingerprint density at radius 3 is 1.47 bits per heavy atom. The van der Waals surface area contributed by atoms with Crippen molar-refractivity contribution in [2.45, 2.75) is 101 Å². The second-order valence-electron chi connectivity index (χ2n) is 10.6. The number of carbonyl (C=O) groups excluding carboxylic acids is 2. The fraction of sp³-hybridized carbons (Fsp3) is 0.909. The molecule has 0 aromatic heterocycles. The van der Waals surface area contributed by atoms with E-state index in [1.165, 1.54) is 0 Å². The third-order valence-corrected chi connectivity index (χ3v) is 7.90. The second kappa shape index (κ2) is 7.15. The smallest absolute Gasteiger partial charge is 0.260 e. The Hall–Kier alpha value is -1.22. The van der Waals surface area contributed by atoms with Crippen LogP contribution in [0.15, 0.2) is 0 Å².